The second kappa shape index (κ2) is 10.1. The van der Waals surface area contributed by atoms with Crippen molar-refractivity contribution in [2.75, 3.05) is 24.6 Å². The Bertz CT molecular complexity index is 1330. The van der Waals surface area contributed by atoms with E-state index in [0.29, 0.717) is 18.8 Å². The monoisotopic (exact) mass is 468 g/mol. The van der Waals surface area contributed by atoms with E-state index in [0.717, 1.165) is 17.1 Å². The van der Waals surface area contributed by atoms with E-state index in [2.05, 4.69) is 59.6 Å². The van der Waals surface area contributed by atoms with Crippen molar-refractivity contribution < 1.29 is 19.4 Å². The molecule has 6 nitrogen and oxygen atoms in total. The van der Waals surface area contributed by atoms with E-state index < -0.39 is 5.97 Å². The van der Waals surface area contributed by atoms with E-state index in [1.54, 1.807) is 6.07 Å². The Morgan fingerprint density at radius 1 is 1.06 bits per heavy atom. The number of anilines is 2. The average Bonchev–Trinajstić information content (AvgIpc) is 2.90. The zero-order valence-corrected chi connectivity index (χ0v) is 19.6. The Kier molecular flexibility index (Phi) is 6.55. The maximum absolute atomic E-state index is 10.9. The molecule has 4 aromatic rings. The standard InChI is InChI=1S/C29H28N2O4/c1-20(25-13-6-9-21-8-2-3-12-26(21)25)30-17-24-18-31(27-14-4-5-15-28(27)35-24)22-10-7-11-23(16-22)34-19-29(32)33/h2-16,20,24,30H,17-19H2,1H3,(H,32,33). The lowest BCUT2D eigenvalue weighted by Crippen LogP contribution is -2.44. The third kappa shape index (κ3) is 5.08. The van der Waals surface area contributed by atoms with Gasteiger partial charge in [0.05, 0.1) is 12.2 Å². The molecule has 5 rings (SSSR count). The minimum absolute atomic E-state index is 0.0779. The Morgan fingerprint density at radius 2 is 1.83 bits per heavy atom. The summed E-state index contributed by atoms with van der Waals surface area (Å²) in [6, 6.07) is 30.5. The molecule has 0 amide bonds. The summed E-state index contributed by atoms with van der Waals surface area (Å²) in [6.07, 6.45) is -0.0779. The van der Waals surface area contributed by atoms with Crippen LogP contribution in [-0.4, -0.2) is 36.9 Å². The van der Waals surface area contributed by atoms with Gasteiger partial charge in [0.1, 0.15) is 17.6 Å². The second-order valence-electron chi connectivity index (χ2n) is 8.70. The van der Waals surface area contributed by atoms with Crippen LogP contribution in [0.2, 0.25) is 0 Å². The molecule has 178 valence electrons. The molecule has 2 N–H and O–H groups in total. The normalized spacial score (nSPS) is 15.8. The van der Waals surface area contributed by atoms with Crippen molar-refractivity contribution >= 4 is 28.1 Å². The molecule has 0 saturated heterocycles. The van der Waals surface area contributed by atoms with Gasteiger partial charge in [-0.05, 0) is 47.5 Å². The zero-order valence-electron chi connectivity index (χ0n) is 19.6. The highest BCUT2D eigenvalue weighted by Crippen LogP contribution is 2.39. The van der Waals surface area contributed by atoms with Gasteiger partial charge >= 0.3 is 5.97 Å². The second-order valence-corrected chi connectivity index (χ2v) is 8.70. The van der Waals surface area contributed by atoms with Crippen LogP contribution in [0, 0.1) is 0 Å². The highest BCUT2D eigenvalue weighted by molar-refractivity contribution is 5.86. The van der Waals surface area contributed by atoms with Crippen LogP contribution in [0.4, 0.5) is 11.4 Å². The number of nitrogens with one attached hydrogen (secondary N) is 1. The van der Waals surface area contributed by atoms with Gasteiger partial charge in [-0.1, -0.05) is 60.7 Å². The van der Waals surface area contributed by atoms with Crippen molar-refractivity contribution in [2.45, 2.75) is 19.1 Å². The fourth-order valence-electron chi connectivity index (χ4n) is 4.58. The Hall–Kier alpha value is -4.03. The summed E-state index contributed by atoms with van der Waals surface area (Å²) in [5.41, 5.74) is 3.16. The number of ether oxygens (including phenoxy) is 2. The maximum Gasteiger partial charge on any atom is 0.341 e. The minimum Gasteiger partial charge on any atom is -0.485 e. The molecule has 0 radical (unpaired) electrons. The first-order valence-corrected chi connectivity index (χ1v) is 11.8. The highest BCUT2D eigenvalue weighted by atomic mass is 16.5. The van der Waals surface area contributed by atoms with Gasteiger partial charge in [-0.2, -0.15) is 0 Å². The molecular weight excluding hydrogens is 440 g/mol. The third-order valence-electron chi connectivity index (χ3n) is 6.27. The van der Waals surface area contributed by atoms with Crippen LogP contribution in [0.25, 0.3) is 10.8 Å². The topological polar surface area (TPSA) is 71.0 Å². The molecule has 2 unspecified atom stereocenters. The van der Waals surface area contributed by atoms with Gasteiger partial charge in [-0.15, -0.1) is 0 Å². The molecule has 35 heavy (non-hydrogen) atoms. The van der Waals surface area contributed by atoms with Crippen molar-refractivity contribution in [3.63, 3.8) is 0 Å². The van der Waals surface area contributed by atoms with Crippen LogP contribution in [0.5, 0.6) is 11.5 Å². The van der Waals surface area contributed by atoms with Crippen LogP contribution < -0.4 is 19.7 Å². The van der Waals surface area contributed by atoms with Crippen molar-refractivity contribution in [3.8, 4) is 11.5 Å². The summed E-state index contributed by atoms with van der Waals surface area (Å²) in [5, 5.41) is 15.1. The Morgan fingerprint density at radius 3 is 2.71 bits per heavy atom. The smallest absolute Gasteiger partial charge is 0.341 e. The number of carboxylic acids is 1. The number of hydrogen-bond donors (Lipinski definition) is 2. The van der Waals surface area contributed by atoms with Crippen LogP contribution in [-0.2, 0) is 4.79 Å². The van der Waals surface area contributed by atoms with Crippen LogP contribution in [0.3, 0.4) is 0 Å². The van der Waals surface area contributed by atoms with Crippen molar-refractivity contribution in [3.05, 3.63) is 96.6 Å². The lowest BCUT2D eigenvalue weighted by Gasteiger charge is -2.37. The van der Waals surface area contributed by atoms with Crippen molar-refractivity contribution in [1.29, 1.82) is 0 Å². The molecule has 1 heterocycles. The lowest BCUT2D eigenvalue weighted by molar-refractivity contribution is -0.139. The summed E-state index contributed by atoms with van der Waals surface area (Å²) in [5.74, 6) is 0.340. The van der Waals surface area contributed by atoms with Gasteiger partial charge in [-0.3, -0.25) is 0 Å². The van der Waals surface area contributed by atoms with Crippen LogP contribution >= 0.6 is 0 Å². The number of para-hydroxylation sites is 2. The summed E-state index contributed by atoms with van der Waals surface area (Å²) >= 11 is 0. The Balaban J connectivity index is 1.34. The fourth-order valence-corrected chi connectivity index (χ4v) is 4.58. The minimum atomic E-state index is -1.00. The van der Waals surface area contributed by atoms with Crippen LogP contribution in [0.15, 0.2) is 91.0 Å². The molecule has 0 aromatic heterocycles. The van der Waals surface area contributed by atoms with Gasteiger partial charge in [0.25, 0.3) is 0 Å². The number of rotatable bonds is 8. The number of aliphatic carboxylic acids is 1. The molecule has 0 saturated carbocycles. The van der Waals surface area contributed by atoms with Crippen molar-refractivity contribution in [2.24, 2.45) is 0 Å². The molecule has 0 bridgehead atoms. The summed E-state index contributed by atoms with van der Waals surface area (Å²) < 4.78 is 11.8. The molecule has 1 aliphatic heterocycles. The van der Waals surface area contributed by atoms with E-state index in [4.69, 9.17) is 14.6 Å². The first kappa shape index (κ1) is 22.7. The van der Waals surface area contributed by atoms with Gasteiger partial charge in [0.2, 0.25) is 0 Å². The van der Waals surface area contributed by atoms with E-state index in [-0.39, 0.29) is 18.8 Å². The number of carboxylic acid groups (broad SMARTS) is 1. The van der Waals surface area contributed by atoms with E-state index in [1.165, 1.54) is 16.3 Å². The molecule has 0 aliphatic carbocycles. The van der Waals surface area contributed by atoms with Gasteiger partial charge in [0.15, 0.2) is 6.61 Å². The number of benzene rings is 4. The van der Waals surface area contributed by atoms with Crippen LogP contribution in [0.1, 0.15) is 18.5 Å². The van der Waals surface area contributed by atoms with E-state index in [9.17, 15) is 4.79 Å². The number of hydrogen-bond acceptors (Lipinski definition) is 5. The van der Waals surface area contributed by atoms with Gasteiger partial charge < -0.3 is 24.8 Å². The van der Waals surface area contributed by atoms with Crippen molar-refractivity contribution in [1.82, 2.24) is 5.32 Å². The number of nitrogens with zero attached hydrogens (tertiary/aromatic N) is 1. The average molecular weight is 469 g/mol. The molecule has 2 atom stereocenters. The molecule has 6 heteroatoms. The molecule has 1 aliphatic rings. The number of carbonyl (C=O) groups is 1. The largest absolute Gasteiger partial charge is 0.485 e. The van der Waals surface area contributed by atoms with Gasteiger partial charge in [0, 0.05) is 24.3 Å². The maximum atomic E-state index is 10.9. The predicted octanol–water partition coefficient (Wildman–Crippen LogP) is 5.55. The first-order chi connectivity index (χ1) is 17.1. The number of fused-ring (bicyclic) bond motifs is 2. The Labute approximate surface area is 204 Å². The lowest BCUT2D eigenvalue weighted by atomic mass is 9.99. The first-order valence-electron chi connectivity index (χ1n) is 11.8. The van der Waals surface area contributed by atoms with E-state index in [1.807, 2.05) is 42.5 Å². The fraction of sp³-hybridized carbons (Fsp3) is 0.207. The molecule has 0 spiro atoms. The quantitative estimate of drug-likeness (QED) is 0.353. The zero-order chi connectivity index (χ0) is 24.2. The SMILES string of the molecule is CC(NCC1CN(c2cccc(OCC(=O)O)c2)c2ccccc2O1)c1cccc2ccccc12. The summed E-state index contributed by atoms with van der Waals surface area (Å²) in [6.45, 7) is 3.13. The predicted molar refractivity (Wildman–Crippen MR) is 138 cm³/mol. The molecule has 4 aromatic carbocycles. The summed E-state index contributed by atoms with van der Waals surface area (Å²) in [4.78, 5) is 13.1. The van der Waals surface area contributed by atoms with Gasteiger partial charge in [-0.25, -0.2) is 4.79 Å². The summed E-state index contributed by atoms with van der Waals surface area (Å²) in [7, 11) is 0. The molecule has 0 fully saturated rings. The third-order valence-corrected chi connectivity index (χ3v) is 6.27. The highest BCUT2D eigenvalue weighted by Gasteiger charge is 2.27. The molecular formula is C29H28N2O4. The van der Waals surface area contributed by atoms with E-state index >= 15 is 0 Å².